The predicted molar refractivity (Wildman–Crippen MR) is 110 cm³/mol. The summed E-state index contributed by atoms with van der Waals surface area (Å²) in [5.41, 5.74) is 0.812. The van der Waals surface area contributed by atoms with Crippen molar-refractivity contribution in [3.05, 3.63) is 29.8 Å². The molecule has 1 aromatic rings. The third kappa shape index (κ3) is 7.15. The number of ether oxygens (including phenoxy) is 3. The molecule has 9 heteroatoms. The predicted octanol–water partition coefficient (Wildman–Crippen LogP) is 0.776. The molecule has 2 amide bonds. The lowest BCUT2D eigenvalue weighted by molar-refractivity contribution is -0.129. The maximum Gasteiger partial charge on any atom is 0.258 e. The largest absolute Gasteiger partial charge is 0.483 e. The van der Waals surface area contributed by atoms with Gasteiger partial charge in [-0.05, 0) is 25.8 Å². The number of nitrogens with one attached hydrogen (secondary N) is 3. The summed E-state index contributed by atoms with van der Waals surface area (Å²) in [4.78, 5) is 24.4. The molecule has 3 N–H and O–H groups in total. The van der Waals surface area contributed by atoms with Crippen molar-refractivity contribution in [1.82, 2.24) is 16.0 Å². The van der Waals surface area contributed by atoms with Crippen molar-refractivity contribution >= 4 is 24.2 Å². The Kier molecular flexibility index (Phi) is 9.66. The molecule has 2 aliphatic heterocycles. The third-order valence-electron chi connectivity index (χ3n) is 4.93. The van der Waals surface area contributed by atoms with Crippen molar-refractivity contribution in [2.45, 2.75) is 44.6 Å². The second-order valence-electron chi connectivity index (χ2n) is 7.06. The molecule has 3 atom stereocenters. The molecule has 0 saturated carbocycles. The lowest BCUT2D eigenvalue weighted by Crippen LogP contribution is -2.55. The van der Waals surface area contributed by atoms with Gasteiger partial charge in [-0.25, -0.2) is 0 Å². The van der Waals surface area contributed by atoms with E-state index in [1.807, 2.05) is 25.1 Å². The first-order valence-corrected chi connectivity index (χ1v) is 9.85. The number of carbonyl (C=O) groups excluding carboxylic acids is 2. The van der Waals surface area contributed by atoms with Gasteiger partial charge in [0.2, 0.25) is 5.91 Å². The van der Waals surface area contributed by atoms with Gasteiger partial charge in [-0.15, -0.1) is 12.4 Å². The van der Waals surface area contributed by atoms with Gasteiger partial charge in [-0.3, -0.25) is 9.59 Å². The number of hydrogen-bond acceptors (Lipinski definition) is 6. The summed E-state index contributed by atoms with van der Waals surface area (Å²) < 4.78 is 16.7. The van der Waals surface area contributed by atoms with E-state index in [0.29, 0.717) is 32.0 Å². The number of amides is 2. The molecule has 0 aliphatic carbocycles. The first-order chi connectivity index (χ1) is 13.6. The van der Waals surface area contributed by atoms with Gasteiger partial charge in [-0.2, -0.15) is 0 Å². The Labute approximate surface area is 177 Å². The Morgan fingerprint density at radius 3 is 2.79 bits per heavy atom. The Morgan fingerprint density at radius 2 is 2.03 bits per heavy atom. The number of morpholine rings is 1. The molecule has 2 aliphatic rings. The van der Waals surface area contributed by atoms with Crippen LogP contribution in [0.4, 0.5) is 0 Å². The van der Waals surface area contributed by atoms with Crippen LogP contribution in [0.1, 0.15) is 25.3 Å². The van der Waals surface area contributed by atoms with Crippen LogP contribution in [0.25, 0.3) is 0 Å². The molecule has 8 nitrogen and oxygen atoms in total. The van der Waals surface area contributed by atoms with Crippen molar-refractivity contribution < 1.29 is 23.8 Å². The minimum atomic E-state index is -0.370. The molecular weight excluding hydrogens is 398 g/mol. The van der Waals surface area contributed by atoms with E-state index in [2.05, 4.69) is 16.0 Å². The fraction of sp³-hybridized carbons (Fsp3) is 0.600. The quantitative estimate of drug-likeness (QED) is 0.567. The summed E-state index contributed by atoms with van der Waals surface area (Å²) in [5.74, 6) is 0.277. The molecule has 0 bridgehead atoms. The van der Waals surface area contributed by atoms with E-state index in [4.69, 9.17) is 14.2 Å². The summed E-state index contributed by atoms with van der Waals surface area (Å²) in [6.07, 6.45) is 1.94. The molecule has 29 heavy (non-hydrogen) atoms. The van der Waals surface area contributed by atoms with Gasteiger partial charge in [0, 0.05) is 31.8 Å². The fourth-order valence-corrected chi connectivity index (χ4v) is 3.34. The highest BCUT2D eigenvalue weighted by Crippen LogP contribution is 2.18. The van der Waals surface area contributed by atoms with Crippen LogP contribution in [-0.4, -0.2) is 63.0 Å². The molecule has 0 spiro atoms. The Hall–Kier alpha value is -1.87. The average molecular weight is 428 g/mol. The van der Waals surface area contributed by atoms with E-state index in [-0.39, 0.29) is 49.1 Å². The van der Waals surface area contributed by atoms with E-state index >= 15 is 0 Å². The molecular formula is C20H30ClN3O5. The minimum Gasteiger partial charge on any atom is -0.483 e. The lowest BCUT2D eigenvalue weighted by atomic mass is 10.1. The van der Waals surface area contributed by atoms with Crippen molar-refractivity contribution in [3.8, 4) is 5.75 Å². The monoisotopic (exact) mass is 427 g/mol. The minimum absolute atomic E-state index is 0. The second kappa shape index (κ2) is 12.0. The normalized spacial score (nSPS) is 23.7. The number of hydrogen-bond donors (Lipinski definition) is 3. The highest BCUT2D eigenvalue weighted by molar-refractivity contribution is 5.85. The number of para-hydroxylation sites is 1. The highest BCUT2D eigenvalue weighted by atomic mass is 35.5. The van der Waals surface area contributed by atoms with Crippen molar-refractivity contribution in [1.29, 1.82) is 0 Å². The van der Waals surface area contributed by atoms with Gasteiger partial charge in [0.15, 0.2) is 6.61 Å². The average Bonchev–Trinajstić information content (AvgIpc) is 3.23. The third-order valence-corrected chi connectivity index (χ3v) is 4.93. The molecule has 3 rings (SSSR count). The zero-order valence-electron chi connectivity index (χ0n) is 16.6. The maximum absolute atomic E-state index is 12.4. The summed E-state index contributed by atoms with van der Waals surface area (Å²) >= 11 is 0. The lowest BCUT2D eigenvalue weighted by Gasteiger charge is -2.29. The van der Waals surface area contributed by atoms with Crippen LogP contribution in [0.15, 0.2) is 24.3 Å². The van der Waals surface area contributed by atoms with E-state index in [0.717, 1.165) is 25.0 Å². The SMILES string of the molecule is C[C@H]1OCCN[C@@H]1C(=O)NCc1ccccc1OCC(=O)NCC1CCCO1.Cl. The highest BCUT2D eigenvalue weighted by Gasteiger charge is 2.28. The zero-order chi connectivity index (χ0) is 19.8. The maximum atomic E-state index is 12.4. The van der Waals surface area contributed by atoms with Crippen molar-refractivity contribution in [3.63, 3.8) is 0 Å². The van der Waals surface area contributed by atoms with Crippen LogP contribution in [-0.2, 0) is 25.6 Å². The molecule has 0 aromatic heterocycles. The van der Waals surface area contributed by atoms with Crippen LogP contribution in [0.5, 0.6) is 5.75 Å². The summed E-state index contributed by atoms with van der Waals surface area (Å²) in [6, 6.07) is 7.00. The molecule has 2 heterocycles. The van der Waals surface area contributed by atoms with E-state index in [1.54, 1.807) is 6.07 Å². The molecule has 1 aromatic carbocycles. The van der Waals surface area contributed by atoms with Gasteiger partial charge in [0.1, 0.15) is 11.8 Å². The van der Waals surface area contributed by atoms with Gasteiger partial charge in [-0.1, -0.05) is 18.2 Å². The van der Waals surface area contributed by atoms with E-state index in [1.165, 1.54) is 0 Å². The first kappa shape index (κ1) is 23.4. The number of benzene rings is 1. The van der Waals surface area contributed by atoms with Crippen molar-refractivity contribution in [2.75, 3.05) is 32.9 Å². The van der Waals surface area contributed by atoms with Gasteiger partial charge in [0.25, 0.3) is 5.91 Å². The first-order valence-electron chi connectivity index (χ1n) is 9.85. The second-order valence-corrected chi connectivity index (χ2v) is 7.06. The number of carbonyl (C=O) groups is 2. The summed E-state index contributed by atoms with van der Waals surface area (Å²) in [6.45, 7) is 4.65. The summed E-state index contributed by atoms with van der Waals surface area (Å²) in [5, 5.41) is 8.91. The van der Waals surface area contributed by atoms with Crippen LogP contribution >= 0.6 is 12.4 Å². The number of halogens is 1. The molecule has 2 fully saturated rings. The Balaban J connectivity index is 0.00000300. The van der Waals surface area contributed by atoms with Gasteiger partial charge >= 0.3 is 0 Å². The zero-order valence-corrected chi connectivity index (χ0v) is 17.5. The van der Waals surface area contributed by atoms with Gasteiger partial charge in [0.05, 0.1) is 18.8 Å². The van der Waals surface area contributed by atoms with Gasteiger partial charge < -0.3 is 30.2 Å². The van der Waals surface area contributed by atoms with Crippen molar-refractivity contribution in [2.24, 2.45) is 0 Å². The summed E-state index contributed by atoms with van der Waals surface area (Å²) in [7, 11) is 0. The van der Waals surface area contributed by atoms with Crippen LogP contribution < -0.4 is 20.7 Å². The van der Waals surface area contributed by atoms with Crippen LogP contribution in [0.3, 0.4) is 0 Å². The topological polar surface area (TPSA) is 97.9 Å². The molecule has 2 saturated heterocycles. The van der Waals surface area contributed by atoms with E-state index in [9.17, 15) is 9.59 Å². The molecule has 1 unspecified atom stereocenters. The Bertz CT molecular complexity index is 669. The van der Waals surface area contributed by atoms with Crippen LogP contribution in [0, 0.1) is 0 Å². The standard InChI is InChI=1S/C20H29N3O5.ClH/c1-14-19(21-8-10-26-14)20(25)23-11-15-5-2-3-7-17(15)28-13-18(24)22-12-16-6-4-9-27-16;/h2-3,5,7,14,16,19,21H,4,6,8-13H2,1H3,(H,22,24)(H,23,25);1H/t14-,16?,19+;/m1./s1. The smallest absolute Gasteiger partial charge is 0.258 e. The van der Waals surface area contributed by atoms with E-state index < -0.39 is 0 Å². The Morgan fingerprint density at radius 1 is 1.21 bits per heavy atom. The molecule has 162 valence electrons. The van der Waals surface area contributed by atoms with Crippen LogP contribution in [0.2, 0.25) is 0 Å². The molecule has 0 radical (unpaired) electrons. The number of rotatable bonds is 8. The fourth-order valence-electron chi connectivity index (χ4n) is 3.34.